The molecule has 6 aromatic rings. The largest absolute Gasteiger partial charge is 0.508 e. The SMILES string of the molecule is CCN=C(NCC)NCCCCC(NC(=O)C(CC(C)C)NC(=O)C(Cc1cccnc1)NC(=O)C(Cc1ccc(O)cc1)NC(=O)C(CO)NC(=O)C(Cc1cccnc1)NC(=O)C(Cc1ccc(Cl)cc1)NC(=O)C(Cc1ccc2ccccc2c1)NC(C)=O)C(=O)N1CCCC1C(=O)NC(C)C(N)=O. The van der Waals surface area contributed by atoms with Gasteiger partial charge >= 0.3 is 0 Å². The van der Waals surface area contributed by atoms with Crippen LogP contribution in [-0.4, -0.2) is 189 Å². The molecule has 0 aliphatic carbocycles. The van der Waals surface area contributed by atoms with E-state index in [1.165, 1.54) is 67.8 Å². The maximum Gasteiger partial charge on any atom is 0.245 e. The number of aliphatic imine (C=N–C) groups is 1. The molecule has 29 nitrogen and oxygen atoms in total. The number of phenols is 1. The maximum atomic E-state index is 15.1. The summed E-state index contributed by atoms with van der Waals surface area (Å²) in [5, 5.41) is 54.4. The number of phenolic OH excluding ortho intramolecular Hbond substituents is 1. The summed E-state index contributed by atoms with van der Waals surface area (Å²) in [6, 6.07) is 18.4. The van der Waals surface area contributed by atoms with Gasteiger partial charge in [-0.05, 0) is 140 Å². The van der Waals surface area contributed by atoms with Crippen LogP contribution in [0.2, 0.25) is 5.02 Å². The molecule has 30 heteroatoms. The third-order valence-corrected chi connectivity index (χ3v) is 18.1. The van der Waals surface area contributed by atoms with Gasteiger partial charge in [0, 0.05) is 95.0 Å². The van der Waals surface area contributed by atoms with Gasteiger partial charge in [0.1, 0.15) is 66.2 Å². The average molecular weight is 1490 g/mol. The van der Waals surface area contributed by atoms with Gasteiger partial charge in [0.2, 0.25) is 65.0 Å². The Morgan fingerprint density at radius 2 is 1.03 bits per heavy atom. The molecule has 0 bridgehead atoms. The first-order valence-electron chi connectivity index (χ1n) is 36.0. The molecule has 10 unspecified atom stereocenters. The lowest BCUT2D eigenvalue weighted by Gasteiger charge is -2.31. The molecule has 1 aliphatic rings. The monoisotopic (exact) mass is 1490 g/mol. The number of likely N-dealkylation sites (tertiary alicyclic amines) is 1. The predicted octanol–water partition coefficient (Wildman–Crippen LogP) is 2.17. The van der Waals surface area contributed by atoms with Gasteiger partial charge in [-0.25, -0.2) is 0 Å². The van der Waals surface area contributed by atoms with E-state index in [1.54, 1.807) is 48.5 Å². The summed E-state index contributed by atoms with van der Waals surface area (Å²) in [6.45, 7) is 10.9. The number of pyridine rings is 2. The minimum atomic E-state index is -1.82. The number of guanidine groups is 1. The van der Waals surface area contributed by atoms with Crippen LogP contribution >= 0.6 is 11.6 Å². The van der Waals surface area contributed by atoms with Gasteiger partial charge in [-0.2, -0.15) is 0 Å². The Morgan fingerprint density at radius 1 is 0.551 bits per heavy atom. The van der Waals surface area contributed by atoms with Crippen LogP contribution in [-0.2, 0) is 84.8 Å². The Hall–Kier alpha value is -11.1. The summed E-state index contributed by atoms with van der Waals surface area (Å²) in [5.41, 5.74) is 8.04. The van der Waals surface area contributed by atoms with Crippen LogP contribution in [0, 0.1) is 5.92 Å². The van der Waals surface area contributed by atoms with E-state index in [1.807, 2.05) is 70.2 Å². The highest BCUT2D eigenvalue weighted by atomic mass is 35.5. The van der Waals surface area contributed by atoms with Gasteiger partial charge in [-0.1, -0.05) is 104 Å². The van der Waals surface area contributed by atoms with Gasteiger partial charge in [-0.15, -0.1) is 0 Å². The Bertz CT molecular complexity index is 4030. The van der Waals surface area contributed by atoms with Gasteiger partial charge in [0.15, 0.2) is 5.96 Å². The summed E-state index contributed by atoms with van der Waals surface area (Å²) < 4.78 is 0. The van der Waals surface area contributed by atoms with Gasteiger partial charge < -0.3 is 79.3 Å². The highest BCUT2D eigenvalue weighted by Gasteiger charge is 2.40. The van der Waals surface area contributed by atoms with E-state index >= 15 is 9.59 Å². The van der Waals surface area contributed by atoms with E-state index in [9.17, 15) is 53.4 Å². The smallest absolute Gasteiger partial charge is 0.245 e. The van der Waals surface area contributed by atoms with Crippen molar-refractivity contribution in [1.82, 2.24) is 73.4 Å². The molecule has 1 aliphatic heterocycles. The number of halogens is 1. The molecular weight excluding hydrogens is 1390 g/mol. The number of carbonyl (C=O) groups excluding carboxylic acids is 11. The number of hydrogen-bond acceptors (Lipinski definition) is 16. The number of carbonyl (C=O) groups is 11. The molecule has 7 rings (SSSR count). The third-order valence-electron chi connectivity index (χ3n) is 17.8. The zero-order valence-electron chi connectivity index (χ0n) is 61.1. The number of nitrogens with one attached hydrogen (secondary N) is 11. The summed E-state index contributed by atoms with van der Waals surface area (Å²) in [7, 11) is 0. The molecular formula is C77H99ClN16O13. The van der Waals surface area contributed by atoms with Crippen molar-refractivity contribution in [1.29, 1.82) is 0 Å². The first kappa shape index (κ1) is 83.2. The van der Waals surface area contributed by atoms with Crippen molar-refractivity contribution in [3.63, 3.8) is 0 Å². The highest BCUT2D eigenvalue weighted by Crippen LogP contribution is 2.23. The molecule has 0 spiro atoms. The second-order valence-electron chi connectivity index (χ2n) is 26.8. The molecule has 11 amide bonds. The van der Waals surface area contributed by atoms with Crippen molar-refractivity contribution in [3.8, 4) is 5.75 Å². The lowest BCUT2D eigenvalue weighted by molar-refractivity contribution is -0.142. The number of amides is 11. The number of primary amides is 1. The Balaban J connectivity index is 1.13. The Kier molecular flexibility index (Phi) is 32.8. The molecule has 0 saturated carbocycles. The van der Waals surface area contributed by atoms with Crippen LogP contribution in [0.1, 0.15) is 108 Å². The number of benzene rings is 4. The number of hydrogen-bond donors (Lipinski definition) is 14. The number of aliphatic hydroxyl groups is 1. The zero-order chi connectivity index (χ0) is 77.5. The fourth-order valence-electron chi connectivity index (χ4n) is 12.3. The number of rotatable bonds is 39. The Labute approximate surface area is 627 Å². The summed E-state index contributed by atoms with van der Waals surface area (Å²) in [4.78, 5) is 171. The van der Waals surface area contributed by atoms with Crippen molar-refractivity contribution in [2.24, 2.45) is 16.6 Å². The van der Waals surface area contributed by atoms with E-state index in [2.05, 4.69) is 73.4 Å². The first-order chi connectivity index (χ1) is 51.3. The molecule has 2 aromatic heterocycles. The number of aromatic nitrogens is 2. The number of aliphatic hydroxyl groups excluding tert-OH is 1. The summed E-state index contributed by atoms with van der Waals surface area (Å²) in [5.74, 6) is -8.42. The van der Waals surface area contributed by atoms with Crippen LogP contribution in [0.25, 0.3) is 10.8 Å². The topological polar surface area (TPSA) is 428 Å². The molecule has 572 valence electrons. The minimum absolute atomic E-state index is 0.0362. The fraction of sp³-hybridized carbons (Fsp3) is 0.429. The highest BCUT2D eigenvalue weighted by molar-refractivity contribution is 6.30. The molecule has 1 saturated heterocycles. The number of unbranched alkanes of at least 4 members (excludes halogenated alkanes) is 1. The summed E-state index contributed by atoms with van der Waals surface area (Å²) >= 11 is 6.25. The second kappa shape index (κ2) is 42.2. The fourth-order valence-corrected chi connectivity index (χ4v) is 12.4. The molecule has 107 heavy (non-hydrogen) atoms. The molecule has 15 N–H and O–H groups in total. The van der Waals surface area contributed by atoms with Gasteiger partial charge in [0.05, 0.1) is 6.61 Å². The van der Waals surface area contributed by atoms with Crippen molar-refractivity contribution >= 4 is 93.3 Å². The van der Waals surface area contributed by atoms with E-state index in [-0.39, 0.29) is 69.6 Å². The standard InChI is InChI=1S/C77H99ClN16O13/c1-7-82-77(83-8-2)84-34-12-11-20-58(76(107)94-35-15-21-66(94)75(106)85-47(5)67(79)98)87-68(99)59(36-46(3)4)88-72(103)63(41-52-16-13-32-80-43-52)90-71(102)62(39-50-25-30-57(97)31-26-50)92-74(105)65(45-95)93-73(104)64(42-53-17-14-33-81-44-53)91-70(101)61(38-49-23-28-56(78)29-24-49)89-69(100)60(86-48(6)96)40-51-22-27-54-18-9-10-19-55(54)37-51/h9-10,13-14,16-19,22-33,37,43-44,46-47,58-66,95,97H,7-8,11-12,15,20-21,34-36,38-42,45H2,1-6H3,(H2,79,98)(H,85,106)(H,86,96)(H,87,99)(H,88,103)(H,89,100)(H,90,102)(H,91,101)(H,92,105)(H,93,104)(H2,82,83,84). The minimum Gasteiger partial charge on any atom is -0.508 e. The first-order valence-corrected chi connectivity index (χ1v) is 36.4. The number of nitrogens with zero attached hydrogens (tertiary/aromatic N) is 4. The Morgan fingerprint density at radius 3 is 1.53 bits per heavy atom. The van der Waals surface area contributed by atoms with Crippen LogP contribution in [0.4, 0.5) is 0 Å². The summed E-state index contributed by atoms with van der Waals surface area (Å²) in [6.07, 6.45) is 6.89. The second-order valence-corrected chi connectivity index (χ2v) is 27.2. The van der Waals surface area contributed by atoms with E-state index < -0.39 is 132 Å². The van der Waals surface area contributed by atoms with Crippen molar-refractivity contribution in [2.75, 3.05) is 32.8 Å². The van der Waals surface area contributed by atoms with E-state index in [0.717, 1.165) is 10.8 Å². The van der Waals surface area contributed by atoms with Crippen molar-refractivity contribution in [2.45, 2.75) is 173 Å². The zero-order valence-corrected chi connectivity index (χ0v) is 61.8. The quantitative estimate of drug-likeness (QED) is 0.0149. The van der Waals surface area contributed by atoms with Crippen LogP contribution in [0.3, 0.4) is 0 Å². The third kappa shape index (κ3) is 26.8. The number of nitrogens with two attached hydrogens (primary N) is 1. The number of fused-ring (bicyclic) bond motifs is 1. The number of aromatic hydroxyl groups is 1. The predicted molar refractivity (Wildman–Crippen MR) is 403 cm³/mol. The molecule has 1 fully saturated rings. The lowest BCUT2D eigenvalue weighted by Crippen LogP contribution is -2.62. The molecule has 0 radical (unpaired) electrons. The van der Waals surface area contributed by atoms with Crippen molar-refractivity contribution in [3.05, 3.63) is 173 Å². The van der Waals surface area contributed by atoms with Gasteiger partial charge in [0.25, 0.3) is 0 Å². The normalized spacial score (nSPS) is 15.3. The molecule has 4 aromatic carbocycles. The van der Waals surface area contributed by atoms with Gasteiger partial charge in [-0.3, -0.25) is 67.7 Å². The van der Waals surface area contributed by atoms with Crippen LogP contribution < -0.4 is 64.2 Å². The average Bonchev–Trinajstić information content (AvgIpc) is 1.80. The van der Waals surface area contributed by atoms with Crippen LogP contribution in [0.15, 0.2) is 145 Å². The van der Waals surface area contributed by atoms with E-state index in [0.29, 0.717) is 77.7 Å². The molecule has 3 heterocycles. The van der Waals surface area contributed by atoms with E-state index in [4.69, 9.17) is 17.3 Å². The molecule has 10 atom stereocenters. The lowest BCUT2D eigenvalue weighted by atomic mass is 9.99. The van der Waals surface area contributed by atoms with Crippen molar-refractivity contribution < 1.29 is 63.0 Å². The van der Waals surface area contributed by atoms with Crippen LogP contribution in [0.5, 0.6) is 5.75 Å². The maximum absolute atomic E-state index is 15.1.